The lowest BCUT2D eigenvalue weighted by atomic mass is 9.91. The molecule has 1 fully saturated rings. The van der Waals surface area contributed by atoms with Crippen molar-refractivity contribution < 1.29 is 17.8 Å². The van der Waals surface area contributed by atoms with Crippen LogP contribution < -0.4 is 11.1 Å². The minimum atomic E-state index is -4.06. The number of rotatable bonds is 2. The molecule has 1 rings (SSSR count). The molecule has 0 radical (unpaired) electrons. The number of carbonyl (C=O) groups is 1. The molecule has 0 aromatic carbocycles. The molecule has 0 heterocycles. The van der Waals surface area contributed by atoms with Gasteiger partial charge in [0.2, 0.25) is 5.91 Å². The first-order valence-electron chi connectivity index (χ1n) is 4.79. The molecule has 0 aliphatic heterocycles. The number of nitrogens with two attached hydrogens (primary N) is 1. The predicted octanol–water partition coefficient (Wildman–Crippen LogP) is -0.741. The Kier molecular flexibility index (Phi) is 3.69. The summed E-state index contributed by atoms with van der Waals surface area (Å²) < 4.78 is 30.7. The summed E-state index contributed by atoms with van der Waals surface area (Å²) in [4.78, 5) is 10.8. The second kappa shape index (κ2) is 4.46. The van der Waals surface area contributed by atoms with Crippen LogP contribution in [0.4, 0.5) is 0 Å². The van der Waals surface area contributed by atoms with E-state index in [-0.39, 0.29) is 18.4 Å². The maximum atomic E-state index is 10.9. The first-order valence-corrected chi connectivity index (χ1v) is 6.30. The Morgan fingerprint density at radius 2 is 2.07 bits per heavy atom. The highest BCUT2D eigenvalue weighted by molar-refractivity contribution is 7.86. The highest BCUT2D eigenvalue weighted by atomic mass is 32.2. The monoisotopic (exact) mass is 236 g/mol. The molecule has 0 aromatic heterocycles. The van der Waals surface area contributed by atoms with Gasteiger partial charge in [0.25, 0.3) is 10.1 Å². The molecule has 0 bridgehead atoms. The Morgan fingerprint density at radius 1 is 1.47 bits per heavy atom. The second-order valence-corrected chi connectivity index (χ2v) is 5.56. The molecule has 3 atom stereocenters. The van der Waals surface area contributed by atoms with E-state index in [2.05, 4.69) is 5.32 Å². The molecule has 15 heavy (non-hydrogen) atoms. The van der Waals surface area contributed by atoms with Crippen LogP contribution in [0, 0.1) is 0 Å². The SMILES string of the molecule is CC(=O)NC1CCC(S(=O)(=O)O)C(N)C1. The Morgan fingerprint density at radius 3 is 2.47 bits per heavy atom. The van der Waals surface area contributed by atoms with Gasteiger partial charge in [0.05, 0.1) is 0 Å². The summed E-state index contributed by atoms with van der Waals surface area (Å²) >= 11 is 0. The summed E-state index contributed by atoms with van der Waals surface area (Å²) in [6.45, 7) is 1.40. The van der Waals surface area contributed by atoms with E-state index in [1.165, 1.54) is 6.92 Å². The van der Waals surface area contributed by atoms with Gasteiger partial charge in [0.15, 0.2) is 0 Å². The van der Waals surface area contributed by atoms with E-state index < -0.39 is 21.4 Å². The Labute approximate surface area is 89.0 Å². The van der Waals surface area contributed by atoms with E-state index in [1.54, 1.807) is 0 Å². The smallest absolute Gasteiger partial charge is 0.269 e. The summed E-state index contributed by atoms with van der Waals surface area (Å²) in [6.07, 6.45) is 1.19. The van der Waals surface area contributed by atoms with Crippen LogP contribution in [0.5, 0.6) is 0 Å². The molecule has 4 N–H and O–H groups in total. The van der Waals surface area contributed by atoms with E-state index >= 15 is 0 Å². The number of nitrogens with one attached hydrogen (secondary N) is 1. The van der Waals surface area contributed by atoms with Crippen molar-refractivity contribution in [1.29, 1.82) is 0 Å². The fourth-order valence-corrected chi connectivity index (χ4v) is 2.95. The van der Waals surface area contributed by atoms with Crippen molar-refractivity contribution in [2.75, 3.05) is 0 Å². The van der Waals surface area contributed by atoms with Gasteiger partial charge in [-0.05, 0) is 19.3 Å². The van der Waals surface area contributed by atoms with Crippen LogP contribution in [-0.2, 0) is 14.9 Å². The molecule has 6 nitrogen and oxygen atoms in total. The lowest BCUT2D eigenvalue weighted by Crippen LogP contribution is -2.50. The van der Waals surface area contributed by atoms with E-state index in [9.17, 15) is 13.2 Å². The first-order chi connectivity index (χ1) is 6.80. The summed E-state index contributed by atoms with van der Waals surface area (Å²) in [5.41, 5.74) is 5.64. The number of carbonyl (C=O) groups excluding carboxylic acids is 1. The van der Waals surface area contributed by atoms with Gasteiger partial charge in [-0.2, -0.15) is 8.42 Å². The molecular formula is C8H16N2O4S. The van der Waals surface area contributed by atoms with Crippen molar-refractivity contribution >= 4 is 16.0 Å². The van der Waals surface area contributed by atoms with Crippen LogP contribution in [0.25, 0.3) is 0 Å². The van der Waals surface area contributed by atoms with Crippen LogP contribution in [-0.4, -0.2) is 36.2 Å². The van der Waals surface area contributed by atoms with Gasteiger partial charge in [0, 0.05) is 19.0 Å². The van der Waals surface area contributed by atoms with E-state index in [1.807, 2.05) is 0 Å². The zero-order valence-electron chi connectivity index (χ0n) is 8.51. The summed E-state index contributed by atoms with van der Waals surface area (Å²) in [5.74, 6) is -0.155. The third kappa shape index (κ3) is 3.44. The van der Waals surface area contributed by atoms with Crippen molar-refractivity contribution in [3.8, 4) is 0 Å². The van der Waals surface area contributed by atoms with Gasteiger partial charge in [-0.1, -0.05) is 0 Å². The van der Waals surface area contributed by atoms with Crippen LogP contribution in [0.2, 0.25) is 0 Å². The maximum Gasteiger partial charge on any atom is 0.269 e. The fourth-order valence-electron chi connectivity index (χ4n) is 1.97. The van der Waals surface area contributed by atoms with Crippen molar-refractivity contribution in [2.45, 2.75) is 43.5 Å². The molecular weight excluding hydrogens is 220 g/mol. The average Bonchev–Trinajstić information content (AvgIpc) is 1.99. The van der Waals surface area contributed by atoms with Gasteiger partial charge in [-0.3, -0.25) is 9.35 Å². The van der Waals surface area contributed by atoms with E-state index in [0.29, 0.717) is 12.8 Å². The minimum absolute atomic E-state index is 0.0875. The molecule has 3 unspecified atom stereocenters. The Hall–Kier alpha value is -0.660. The highest BCUT2D eigenvalue weighted by Gasteiger charge is 2.35. The molecule has 1 aliphatic carbocycles. The van der Waals surface area contributed by atoms with Gasteiger partial charge in [-0.25, -0.2) is 0 Å². The lowest BCUT2D eigenvalue weighted by Gasteiger charge is -2.32. The van der Waals surface area contributed by atoms with Crippen molar-refractivity contribution in [3.05, 3.63) is 0 Å². The zero-order chi connectivity index (χ0) is 11.6. The normalized spacial score (nSPS) is 32.3. The molecule has 1 aliphatic rings. The summed E-state index contributed by atoms with van der Waals surface area (Å²) in [5, 5.41) is 1.79. The van der Waals surface area contributed by atoms with Gasteiger partial charge < -0.3 is 11.1 Å². The van der Waals surface area contributed by atoms with Crippen molar-refractivity contribution in [2.24, 2.45) is 5.73 Å². The maximum absolute atomic E-state index is 10.9. The largest absolute Gasteiger partial charge is 0.354 e. The first kappa shape index (κ1) is 12.4. The van der Waals surface area contributed by atoms with E-state index in [0.717, 1.165) is 0 Å². The van der Waals surface area contributed by atoms with E-state index in [4.69, 9.17) is 10.3 Å². The minimum Gasteiger partial charge on any atom is -0.354 e. The number of hydrogen-bond acceptors (Lipinski definition) is 4. The Balaban J connectivity index is 2.59. The average molecular weight is 236 g/mol. The van der Waals surface area contributed by atoms with Crippen LogP contribution in [0.1, 0.15) is 26.2 Å². The summed E-state index contributed by atoms with van der Waals surface area (Å²) in [6, 6.07) is -0.707. The molecule has 88 valence electrons. The molecule has 0 aromatic rings. The van der Waals surface area contributed by atoms with Crippen LogP contribution in [0.15, 0.2) is 0 Å². The summed E-state index contributed by atoms with van der Waals surface area (Å²) in [7, 11) is -4.06. The van der Waals surface area contributed by atoms with Gasteiger partial charge in [0.1, 0.15) is 5.25 Å². The van der Waals surface area contributed by atoms with Gasteiger partial charge in [-0.15, -0.1) is 0 Å². The Bertz CT molecular complexity index is 341. The van der Waals surface area contributed by atoms with Crippen molar-refractivity contribution in [3.63, 3.8) is 0 Å². The van der Waals surface area contributed by atoms with Crippen molar-refractivity contribution in [1.82, 2.24) is 5.32 Å². The quantitative estimate of drug-likeness (QED) is 0.547. The highest BCUT2D eigenvalue weighted by Crippen LogP contribution is 2.22. The predicted molar refractivity (Wildman–Crippen MR) is 54.8 cm³/mol. The molecule has 1 saturated carbocycles. The zero-order valence-corrected chi connectivity index (χ0v) is 9.33. The van der Waals surface area contributed by atoms with Gasteiger partial charge >= 0.3 is 0 Å². The topological polar surface area (TPSA) is 109 Å². The number of hydrogen-bond donors (Lipinski definition) is 3. The second-order valence-electron chi connectivity index (χ2n) is 3.93. The molecule has 0 saturated heterocycles. The molecule has 0 spiro atoms. The van der Waals surface area contributed by atoms with Crippen LogP contribution >= 0.6 is 0 Å². The van der Waals surface area contributed by atoms with Crippen LogP contribution in [0.3, 0.4) is 0 Å². The fraction of sp³-hybridized carbons (Fsp3) is 0.875. The standard InChI is InChI=1S/C8H16N2O4S/c1-5(11)10-6-2-3-8(7(9)4-6)15(12,13)14/h6-8H,2-4,9H2,1H3,(H,10,11)(H,12,13,14). The lowest BCUT2D eigenvalue weighted by molar-refractivity contribution is -0.119. The molecule has 7 heteroatoms. The third-order valence-corrected chi connectivity index (χ3v) is 3.97. The number of amides is 1. The molecule has 1 amide bonds. The third-order valence-electron chi connectivity index (χ3n) is 2.62.